The van der Waals surface area contributed by atoms with Gasteiger partial charge in [0.05, 0.1) is 16.8 Å². The summed E-state index contributed by atoms with van der Waals surface area (Å²) in [7, 11) is 0. The molecule has 0 saturated carbocycles. The number of rotatable bonds is 4. The van der Waals surface area contributed by atoms with Gasteiger partial charge in [-0.2, -0.15) is 5.10 Å². The van der Waals surface area contributed by atoms with Crippen molar-refractivity contribution in [2.75, 3.05) is 13.2 Å². The van der Waals surface area contributed by atoms with Crippen LogP contribution in [0.1, 0.15) is 24.6 Å². The van der Waals surface area contributed by atoms with E-state index < -0.39 is 0 Å². The molecule has 2 N–H and O–H groups in total. The van der Waals surface area contributed by atoms with E-state index in [2.05, 4.69) is 50.5 Å². The molecule has 0 spiro atoms. The normalized spacial score (nSPS) is 14.1. The zero-order valence-electron chi connectivity index (χ0n) is 11.5. The summed E-state index contributed by atoms with van der Waals surface area (Å²) in [5.41, 5.74) is 4.68. The Morgan fingerprint density at radius 1 is 1.40 bits per heavy atom. The lowest BCUT2D eigenvalue weighted by Crippen LogP contribution is -2.23. The first-order valence-corrected chi connectivity index (χ1v) is 7.78. The first-order chi connectivity index (χ1) is 9.79. The largest absolute Gasteiger partial charge is 0.492 e. The monoisotopic (exact) mass is 335 g/mol. The maximum atomic E-state index is 5.68. The molecule has 0 radical (unpaired) electrons. The van der Waals surface area contributed by atoms with Gasteiger partial charge in [-0.15, -0.1) is 0 Å². The molecule has 1 aromatic heterocycles. The molecule has 4 nitrogen and oxygen atoms in total. The third kappa shape index (κ3) is 2.60. The van der Waals surface area contributed by atoms with Crippen molar-refractivity contribution in [1.29, 1.82) is 0 Å². The topological polar surface area (TPSA) is 49.9 Å². The summed E-state index contributed by atoms with van der Waals surface area (Å²) in [6, 6.07) is 6.16. The zero-order valence-corrected chi connectivity index (χ0v) is 13.1. The van der Waals surface area contributed by atoms with E-state index in [-0.39, 0.29) is 0 Å². The summed E-state index contributed by atoms with van der Waals surface area (Å²) in [5.74, 6) is 0.887. The van der Waals surface area contributed by atoms with Gasteiger partial charge in [-0.25, -0.2) is 0 Å². The van der Waals surface area contributed by atoms with Crippen LogP contribution in [0.3, 0.4) is 0 Å². The molecule has 1 aliphatic rings. The molecule has 0 atom stereocenters. The van der Waals surface area contributed by atoms with Crippen LogP contribution >= 0.6 is 15.9 Å². The van der Waals surface area contributed by atoms with E-state index in [0.29, 0.717) is 0 Å². The Labute approximate surface area is 127 Å². The highest BCUT2D eigenvalue weighted by Crippen LogP contribution is 2.32. The maximum absolute atomic E-state index is 5.68. The fraction of sp³-hybridized carbons (Fsp3) is 0.400. The van der Waals surface area contributed by atoms with Crippen molar-refractivity contribution < 1.29 is 4.74 Å². The molecule has 106 valence electrons. The van der Waals surface area contributed by atoms with Crippen LogP contribution in [0.2, 0.25) is 0 Å². The molecule has 0 unspecified atom stereocenters. The fourth-order valence-electron chi connectivity index (χ4n) is 2.44. The average molecular weight is 336 g/mol. The number of nitrogens with one attached hydrogen (secondary N) is 2. The second kappa shape index (κ2) is 5.97. The predicted octanol–water partition coefficient (Wildman–Crippen LogP) is 3.27. The van der Waals surface area contributed by atoms with Crippen molar-refractivity contribution in [1.82, 2.24) is 15.5 Å². The number of ether oxygens (including phenoxy) is 1. The zero-order chi connectivity index (χ0) is 13.9. The van der Waals surface area contributed by atoms with Crippen molar-refractivity contribution in [3.8, 4) is 17.0 Å². The molecule has 1 aromatic carbocycles. The fourth-order valence-corrected chi connectivity index (χ4v) is 2.93. The molecule has 5 heteroatoms. The van der Waals surface area contributed by atoms with Gasteiger partial charge in [-0.1, -0.05) is 6.92 Å². The van der Waals surface area contributed by atoms with Crippen LogP contribution in [0.5, 0.6) is 5.75 Å². The van der Waals surface area contributed by atoms with E-state index in [9.17, 15) is 0 Å². The van der Waals surface area contributed by atoms with Gasteiger partial charge in [0.1, 0.15) is 5.75 Å². The molecule has 2 aromatic rings. The lowest BCUT2D eigenvalue weighted by molar-refractivity contribution is 0.315. The van der Waals surface area contributed by atoms with Crippen molar-refractivity contribution in [3.05, 3.63) is 33.9 Å². The lowest BCUT2D eigenvalue weighted by atomic mass is 10.0. The summed E-state index contributed by atoms with van der Waals surface area (Å²) in [6.07, 6.45) is 2.02. The summed E-state index contributed by atoms with van der Waals surface area (Å²) >= 11 is 3.58. The minimum Gasteiger partial charge on any atom is -0.492 e. The molecule has 1 aliphatic heterocycles. The first kappa shape index (κ1) is 13.6. The predicted molar refractivity (Wildman–Crippen MR) is 82.9 cm³/mol. The van der Waals surface area contributed by atoms with Crippen molar-refractivity contribution in [2.45, 2.75) is 26.3 Å². The van der Waals surface area contributed by atoms with Gasteiger partial charge in [-0.3, -0.25) is 5.10 Å². The molecule has 0 saturated heterocycles. The van der Waals surface area contributed by atoms with Gasteiger partial charge in [0, 0.05) is 36.3 Å². The number of hydrogen-bond acceptors (Lipinski definition) is 3. The van der Waals surface area contributed by atoms with Crippen molar-refractivity contribution in [2.24, 2.45) is 0 Å². The van der Waals surface area contributed by atoms with Crippen molar-refractivity contribution in [3.63, 3.8) is 0 Å². The van der Waals surface area contributed by atoms with E-state index in [0.717, 1.165) is 54.0 Å². The highest BCUT2D eigenvalue weighted by molar-refractivity contribution is 9.10. The second-order valence-electron chi connectivity index (χ2n) is 4.95. The standard InChI is InChI=1S/C15H18BrN3O/c1-2-7-20-14-4-3-10(8-12(14)16)15-11-9-17-6-5-13(11)18-19-15/h3-4,8,17H,2,5-7,9H2,1H3,(H,18,19). The molecule has 3 rings (SSSR count). The van der Waals surface area contributed by atoms with Gasteiger partial charge < -0.3 is 10.1 Å². The van der Waals surface area contributed by atoms with E-state index in [1.54, 1.807) is 0 Å². The van der Waals surface area contributed by atoms with E-state index in [1.807, 2.05) is 6.07 Å². The summed E-state index contributed by atoms with van der Waals surface area (Å²) < 4.78 is 6.66. The van der Waals surface area contributed by atoms with Crippen LogP contribution in [0, 0.1) is 0 Å². The van der Waals surface area contributed by atoms with Gasteiger partial charge in [0.15, 0.2) is 0 Å². The summed E-state index contributed by atoms with van der Waals surface area (Å²) in [4.78, 5) is 0. The number of halogens is 1. The Morgan fingerprint density at radius 3 is 3.10 bits per heavy atom. The SMILES string of the molecule is CCCOc1ccc(-c2n[nH]c3c2CNCC3)cc1Br. The average Bonchev–Trinajstić information content (AvgIpc) is 2.90. The maximum Gasteiger partial charge on any atom is 0.133 e. The highest BCUT2D eigenvalue weighted by atomic mass is 79.9. The van der Waals surface area contributed by atoms with E-state index in [4.69, 9.17) is 4.74 Å². The molecule has 0 fully saturated rings. The number of aromatic amines is 1. The van der Waals surface area contributed by atoms with Gasteiger partial charge >= 0.3 is 0 Å². The molecular weight excluding hydrogens is 318 g/mol. The minimum absolute atomic E-state index is 0.736. The Morgan fingerprint density at radius 2 is 2.30 bits per heavy atom. The van der Waals surface area contributed by atoms with Crippen LogP contribution < -0.4 is 10.1 Å². The molecule has 20 heavy (non-hydrogen) atoms. The van der Waals surface area contributed by atoms with Crippen LogP contribution in [0.25, 0.3) is 11.3 Å². The number of benzene rings is 1. The minimum atomic E-state index is 0.736. The smallest absolute Gasteiger partial charge is 0.133 e. The summed E-state index contributed by atoms with van der Waals surface area (Å²) in [5, 5.41) is 11.0. The third-order valence-corrected chi connectivity index (χ3v) is 4.09. The van der Waals surface area contributed by atoms with E-state index >= 15 is 0 Å². The summed E-state index contributed by atoms with van der Waals surface area (Å²) in [6.45, 7) is 4.74. The van der Waals surface area contributed by atoms with Gasteiger partial charge in [0.2, 0.25) is 0 Å². The van der Waals surface area contributed by atoms with Crippen LogP contribution in [0.4, 0.5) is 0 Å². The number of hydrogen-bond donors (Lipinski definition) is 2. The van der Waals surface area contributed by atoms with Crippen LogP contribution in [-0.2, 0) is 13.0 Å². The molecule has 0 bridgehead atoms. The van der Waals surface area contributed by atoms with E-state index in [1.165, 1.54) is 11.3 Å². The van der Waals surface area contributed by atoms with Crippen LogP contribution in [0.15, 0.2) is 22.7 Å². The lowest BCUT2D eigenvalue weighted by Gasteiger charge is -2.13. The Kier molecular flexibility index (Phi) is 4.08. The Bertz CT molecular complexity index is 609. The Hall–Kier alpha value is -1.33. The molecular formula is C15H18BrN3O. The quantitative estimate of drug-likeness (QED) is 0.901. The van der Waals surface area contributed by atoms with Crippen molar-refractivity contribution >= 4 is 15.9 Å². The third-order valence-electron chi connectivity index (χ3n) is 3.47. The first-order valence-electron chi connectivity index (χ1n) is 6.99. The number of H-pyrrole nitrogens is 1. The number of nitrogens with zero attached hydrogens (tertiary/aromatic N) is 1. The molecule has 0 amide bonds. The molecule has 0 aliphatic carbocycles. The van der Waals surface area contributed by atoms with Gasteiger partial charge in [-0.05, 0) is 40.5 Å². The van der Waals surface area contributed by atoms with Gasteiger partial charge in [0.25, 0.3) is 0 Å². The number of fused-ring (bicyclic) bond motifs is 1. The highest BCUT2D eigenvalue weighted by Gasteiger charge is 2.18. The number of aromatic nitrogens is 2. The second-order valence-corrected chi connectivity index (χ2v) is 5.80. The molecule has 2 heterocycles. The Balaban J connectivity index is 1.91. The van der Waals surface area contributed by atoms with Crippen LogP contribution in [-0.4, -0.2) is 23.3 Å².